The maximum Gasteiger partial charge on any atom is 0.191 e. The van der Waals surface area contributed by atoms with Crippen molar-refractivity contribution in [2.75, 3.05) is 47.1 Å². The molecule has 140 valence electrons. The molecular formula is C15H31IN6O2. The molecule has 0 atom stereocenters. The molecule has 2 N–H and O–H groups in total. The standard InChI is InChI=1S/C15H30N6O2.HI/c1-4-14-20-19-13-21(14)9-8-18-15(16-2)17-7-5-6-10-23-12-11-22-3;/h13H,4-12H2,1-3H3,(H2,16,17,18);1H. The Balaban J connectivity index is 0.00000529. The van der Waals surface area contributed by atoms with Crippen LogP contribution in [0.2, 0.25) is 0 Å². The summed E-state index contributed by atoms with van der Waals surface area (Å²) in [5, 5.41) is 14.6. The minimum absolute atomic E-state index is 0. The molecule has 1 rings (SSSR count). The van der Waals surface area contributed by atoms with Crippen molar-refractivity contribution in [1.29, 1.82) is 0 Å². The van der Waals surface area contributed by atoms with E-state index in [1.807, 2.05) is 0 Å². The molecule has 24 heavy (non-hydrogen) atoms. The average Bonchev–Trinajstić information content (AvgIpc) is 3.03. The van der Waals surface area contributed by atoms with Crippen molar-refractivity contribution >= 4 is 29.9 Å². The lowest BCUT2D eigenvalue weighted by Crippen LogP contribution is -2.39. The number of aromatic nitrogens is 3. The lowest BCUT2D eigenvalue weighted by molar-refractivity contribution is 0.0689. The summed E-state index contributed by atoms with van der Waals surface area (Å²) in [6.07, 6.45) is 4.72. The van der Waals surface area contributed by atoms with E-state index in [0.717, 1.165) is 57.3 Å². The Morgan fingerprint density at radius 3 is 2.71 bits per heavy atom. The molecule has 1 aromatic heterocycles. The van der Waals surface area contributed by atoms with Gasteiger partial charge in [-0.05, 0) is 12.8 Å². The van der Waals surface area contributed by atoms with E-state index in [1.165, 1.54) is 0 Å². The molecule has 0 radical (unpaired) electrons. The molecule has 1 aromatic rings. The first-order valence-electron chi connectivity index (χ1n) is 8.19. The number of halogens is 1. The minimum atomic E-state index is 0. The fourth-order valence-electron chi connectivity index (χ4n) is 2.04. The normalized spacial score (nSPS) is 11.2. The molecule has 0 aliphatic rings. The molecule has 1 heterocycles. The molecular weight excluding hydrogens is 423 g/mol. The Hall–Kier alpha value is -0.940. The molecule has 0 unspecified atom stereocenters. The van der Waals surface area contributed by atoms with Crippen molar-refractivity contribution in [3.63, 3.8) is 0 Å². The van der Waals surface area contributed by atoms with Crippen molar-refractivity contribution in [3.05, 3.63) is 12.2 Å². The number of aliphatic imine (C=N–C) groups is 1. The number of methoxy groups -OCH3 is 1. The SMILES string of the molecule is CCc1nncn1CCNC(=NC)NCCCCOCCOC.I. The van der Waals surface area contributed by atoms with Gasteiger partial charge in [0, 0.05) is 46.8 Å². The first-order chi connectivity index (χ1) is 11.3. The molecule has 0 aromatic carbocycles. The summed E-state index contributed by atoms with van der Waals surface area (Å²) in [6, 6.07) is 0. The van der Waals surface area contributed by atoms with Gasteiger partial charge in [-0.2, -0.15) is 0 Å². The number of aryl methyl sites for hydroxylation is 1. The fourth-order valence-corrected chi connectivity index (χ4v) is 2.04. The second kappa shape index (κ2) is 15.6. The van der Waals surface area contributed by atoms with Gasteiger partial charge < -0.3 is 24.7 Å². The zero-order valence-corrected chi connectivity index (χ0v) is 17.3. The molecule has 0 bridgehead atoms. The average molecular weight is 454 g/mol. The van der Waals surface area contributed by atoms with Gasteiger partial charge in [0.2, 0.25) is 0 Å². The summed E-state index contributed by atoms with van der Waals surface area (Å²) in [4.78, 5) is 4.21. The minimum Gasteiger partial charge on any atom is -0.382 e. The summed E-state index contributed by atoms with van der Waals surface area (Å²) >= 11 is 0. The zero-order valence-electron chi connectivity index (χ0n) is 15.0. The summed E-state index contributed by atoms with van der Waals surface area (Å²) in [7, 11) is 3.46. The Morgan fingerprint density at radius 1 is 1.21 bits per heavy atom. The molecule has 0 spiro atoms. The van der Waals surface area contributed by atoms with E-state index in [-0.39, 0.29) is 24.0 Å². The monoisotopic (exact) mass is 454 g/mol. The summed E-state index contributed by atoms with van der Waals surface area (Å²) in [5.74, 6) is 1.82. The van der Waals surface area contributed by atoms with Crippen molar-refractivity contribution in [1.82, 2.24) is 25.4 Å². The van der Waals surface area contributed by atoms with Crippen LogP contribution in [0.15, 0.2) is 11.3 Å². The highest BCUT2D eigenvalue weighted by atomic mass is 127. The van der Waals surface area contributed by atoms with Crippen LogP contribution in [-0.2, 0) is 22.4 Å². The van der Waals surface area contributed by atoms with Gasteiger partial charge in [-0.15, -0.1) is 34.2 Å². The van der Waals surface area contributed by atoms with Crippen molar-refractivity contribution in [3.8, 4) is 0 Å². The molecule has 9 heteroatoms. The Labute approximate surface area is 161 Å². The smallest absolute Gasteiger partial charge is 0.191 e. The van der Waals surface area contributed by atoms with Gasteiger partial charge >= 0.3 is 0 Å². The van der Waals surface area contributed by atoms with E-state index in [2.05, 4.69) is 37.3 Å². The summed E-state index contributed by atoms with van der Waals surface area (Å²) < 4.78 is 12.4. The van der Waals surface area contributed by atoms with Crippen LogP contribution in [-0.4, -0.2) is 67.8 Å². The molecule has 0 aliphatic carbocycles. The number of hydrogen-bond acceptors (Lipinski definition) is 5. The van der Waals surface area contributed by atoms with Crippen molar-refractivity contribution in [2.24, 2.45) is 4.99 Å². The first kappa shape index (κ1) is 23.1. The van der Waals surface area contributed by atoms with Crippen LogP contribution in [0.25, 0.3) is 0 Å². The van der Waals surface area contributed by atoms with Crippen LogP contribution in [0.5, 0.6) is 0 Å². The highest BCUT2D eigenvalue weighted by molar-refractivity contribution is 14.0. The maximum absolute atomic E-state index is 5.42. The van der Waals surface area contributed by atoms with Gasteiger partial charge in [-0.1, -0.05) is 6.92 Å². The Kier molecular flexibility index (Phi) is 15.0. The van der Waals surface area contributed by atoms with Crippen molar-refractivity contribution < 1.29 is 9.47 Å². The maximum atomic E-state index is 5.42. The fraction of sp³-hybridized carbons (Fsp3) is 0.800. The largest absolute Gasteiger partial charge is 0.382 e. The zero-order chi connectivity index (χ0) is 16.8. The quantitative estimate of drug-likeness (QED) is 0.213. The number of unbranched alkanes of at least 4 members (excludes halogenated alkanes) is 1. The molecule has 8 nitrogen and oxygen atoms in total. The van der Waals surface area contributed by atoms with Crippen LogP contribution in [0, 0.1) is 0 Å². The van der Waals surface area contributed by atoms with E-state index in [0.29, 0.717) is 13.2 Å². The molecule has 0 saturated carbocycles. The highest BCUT2D eigenvalue weighted by Crippen LogP contribution is 1.94. The topological polar surface area (TPSA) is 85.6 Å². The number of nitrogens with one attached hydrogen (secondary N) is 2. The predicted octanol–water partition coefficient (Wildman–Crippen LogP) is 1.07. The molecule has 0 fully saturated rings. The Morgan fingerprint density at radius 2 is 2.00 bits per heavy atom. The second-order valence-electron chi connectivity index (χ2n) is 5.03. The van der Waals surface area contributed by atoms with E-state index < -0.39 is 0 Å². The second-order valence-corrected chi connectivity index (χ2v) is 5.03. The lowest BCUT2D eigenvalue weighted by atomic mass is 10.3. The van der Waals surface area contributed by atoms with Crippen LogP contribution < -0.4 is 10.6 Å². The van der Waals surface area contributed by atoms with Gasteiger partial charge in [0.15, 0.2) is 5.96 Å². The number of guanidine groups is 1. The van der Waals surface area contributed by atoms with Gasteiger partial charge in [0.25, 0.3) is 0 Å². The summed E-state index contributed by atoms with van der Waals surface area (Å²) in [6.45, 7) is 6.64. The van der Waals surface area contributed by atoms with E-state index >= 15 is 0 Å². The summed E-state index contributed by atoms with van der Waals surface area (Å²) in [5.41, 5.74) is 0. The lowest BCUT2D eigenvalue weighted by Gasteiger charge is -2.12. The van der Waals surface area contributed by atoms with Crippen LogP contribution >= 0.6 is 24.0 Å². The highest BCUT2D eigenvalue weighted by Gasteiger charge is 2.02. The first-order valence-corrected chi connectivity index (χ1v) is 8.19. The predicted molar refractivity (Wildman–Crippen MR) is 106 cm³/mol. The van der Waals surface area contributed by atoms with E-state index in [1.54, 1.807) is 20.5 Å². The third-order valence-corrected chi connectivity index (χ3v) is 3.32. The van der Waals surface area contributed by atoms with Gasteiger partial charge in [0.1, 0.15) is 12.2 Å². The van der Waals surface area contributed by atoms with Crippen LogP contribution in [0.4, 0.5) is 0 Å². The third-order valence-electron chi connectivity index (χ3n) is 3.32. The van der Waals surface area contributed by atoms with E-state index in [4.69, 9.17) is 9.47 Å². The third kappa shape index (κ3) is 10.0. The number of hydrogen-bond donors (Lipinski definition) is 2. The molecule has 0 saturated heterocycles. The van der Waals surface area contributed by atoms with Gasteiger partial charge in [-0.25, -0.2) is 0 Å². The number of rotatable bonds is 12. The Bertz CT molecular complexity index is 441. The van der Waals surface area contributed by atoms with Crippen LogP contribution in [0.3, 0.4) is 0 Å². The van der Waals surface area contributed by atoms with Crippen LogP contribution in [0.1, 0.15) is 25.6 Å². The molecule has 0 aliphatic heterocycles. The number of ether oxygens (including phenoxy) is 2. The molecule has 0 amide bonds. The van der Waals surface area contributed by atoms with Gasteiger partial charge in [-0.3, -0.25) is 4.99 Å². The van der Waals surface area contributed by atoms with Gasteiger partial charge in [0.05, 0.1) is 13.2 Å². The van der Waals surface area contributed by atoms with Crippen molar-refractivity contribution in [2.45, 2.75) is 32.7 Å². The van der Waals surface area contributed by atoms with E-state index in [9.17, 15) is 0 Å². The number of nitrogens with zero attached hydrogens (tertiary/aromatic N) is 4.